The highest BCUT2D eigenvalue weighted by molar-refractivity contribution is 9.10. The second-order valence-electron chi connectivity index (χ2n) is 4.32. The first kappa shape index (κ1) is 10.8. The third-order valence-electron chi connectivity index (χ3n) is 3.19. The van der Waals surface area contributed by atoms with Crippen LogP contribution < -0.4 is 4.90 Å². The predicted molar refractivity (Wildman–Crippen MR) is 73.3 cm³/mol. The van der Waals surface area contributed by atoms with E-state index in [2.05, 4.69) is 56.1 Å². The summed E-state index contributed by atoms with van der Waals surface area (Å²) in [4.78, 5) is 6.71. The maximum absolute atomic E-state index is 4.41. The number of anilines is 1. The molecule has 0 radical (unpaired) electrons. The van der Waals surface area contributed by atoms with Crippen LogP contribution in [0.25, 0.3) is 0 Å². The van der Waals surface area contributed by atoms with Crippen molar-refractivity contribution in [1.82, 2.24) is 4.98 Å². The van der Waals surface area contributed by atoms with Gasteiger partial charge in [-0.3, -0.25) is 0 Å². The predicted octanol–water partition coefficient (Wildman–Crippen LogP) is 3.45. The molecule has 0 spiro atoms. The van der Waals surface area contributed by atoms with E-state index in [1.807, 2.05) is 18.3 Å². The zero-order valence-corrected chi connectivity index (χ0v) is 11.0. The minimum atomic E-state index is 0.644. The van der Waals surface area contributed by atoms with Crippen LogP contribution in [0, 0.1) is 0 Å². The Labute approximate surface area is 109 Å². The highest BCUT2D eigenvalue weighted by atomic mass is 79.9. The van der Waals surface area contributed by atoms with Gasteiger partial charge in [-0.05, 0) is 33.6 Å². The summed E-state index contributed by atoms with van der Waals surface area (Å²) in [7, 11) is 0. The largest absolute Gasteiger partial charge is 0.354 e. The Kier molecular flexibility index (Phi) is 2.85. The van der Waals surface area contributed by atoms with Crippen LogP contribution in [0.3, 0.4) is 0 Å². The number of pyridine rings is 1. The first-order valence-corrected chi connectivity index (χ1v) is 6.54. The molecule has 17 heavy (non-hydrogen) atoms. The van der Waals surface area contributed by atoms with Crippen molar-refractivity contribution in [2.24, 2.45) is 0 Å². The van der Waals surface area contributed by atoms with Crippen molar-refractivity contribution in [2.75, 3.05) is 18.0 Å². The first-order valence-electron chi connectivity index (χ1n) is 5.75. The Morgan fingerprint density at radius 3 is 2.53 bits per heavy atom. The van der Waals surface area contributed by atoms with Crippen LogP contribution in [0.2, 0.25) is 0 Å². The minimum Gasteiger partial charge on any atom is -0.354 e. The Bertz CT molecular complexity index is 507. The molecule has 1 aliphatic heterocycles. The molecule has 1 aliphatic rings. The molecule has 86 valence electrons. The number of rotatable bonds is 2. The summed E-state index contributed by atoms with van der Waals surface area (Å²) in [6.45, 7) is 2.11. The molecule has 0 unspecified atom stereocenters. The van der Waals surface area contributed by atoms with Crippen LogP contribution in [-0.4, -0.2) is 18.1 Å². The van der Waals surface area contributed by atoms with Gasteiger partial charge in [0.2, 0.25) is 0 Å². The second-order valence-corrected chi connectivity index (χ2v) is 5.18. The molecule has 0 amide bonds. The standard InChI is InChI=1S/C14H13BrN2/c15-13-7-4-8-16-14(13)17-9-12(10-17)11-5-2-1-3-6-11/h1-8,12H,9-10H2. The zero-order chi connectivity index (χ0) is 11.7. The van der Waals surface area contributed by atoms with Crippen LogP contribution in [0.1, 0.15) is 11.5 Å². The lowest BCUT2D eigenvalue weighted by Gasteiger charge is -2.40. The fraction of sp³-hybridized carbons (Fsp3) is 0.214. The summed E-state index contributed by atoms with van der Waals surface area (Å²) >= 11 is 3.54. The maximum Gasteiger partial charge on any atom is 0.142 e. The van der Waals surface area contributed by atoms with Gasteiger partial charge in [0.05, 0.1) is 4.47 Å². The van der Waals surface area contributed by atoms with E-state index < -0.39 is 0 Å². The number of hydrogen-bond acceptors (Lipinski definition) is 2. The molecule has 3 rings (SSSR count). The summed E-state index contributed by atoms with van der Waals surface area (Å²) in [6.07, 6.45) is 1.84. The van der Waals surface area contributed by atoms with Crippen molar-refractivity contribution in [1.29, 1.82) is 0 Å². The highest BCUT2D eigenvalue weighted by Crippen LogP contribution is 2.33. The van der Waals surface area contributed by atoms with Crippen LogP contribution >= 0.6 is 15.9 Å². The summed E-state index contributed by atoms with van der Waals surface area (Å²) in [5, 5.41) is 0. The maximum atomic E-state index is 4.41. The van der Waals surface area contributed by atoms with Crippen LogP contribution in [-0.2, 0) is 0 Å². The molecule has 1 aromatic carbocycles. The van der Waals surface area contributed by atoms with Gasteiger partial charge in [0.1, 0.15) is 5.82 Å². The molecule has 1 saturated heterocycles. The average Bonchev–Trinajstić information content (AvgIpc) is 2.31. The van der Waals surface area contributed by atoms with E-state index in [4.69, 9.17) is 0 Å². The molecule has 0 aliphatic carbocycles. The van der Waals surface area contributed by atoms with E-state index >= 15 is 0 Å². The Balaban J connectivity index is 1.72. The monoisotopic (exact) mass is 288 g/mol. The van der Waals surface area contributed by atoms with E-state index in [-0.39, 0.29) is 0 Å². The fourth-order valence-electron chi connectivity index (χ4n) is 2.20. The zero-order valence-electron chi connectivity index (χ0n) is 9.38. The lowest BCUT2D eigenvalue weighted by molar-refractivity contribution is 0.519. The van der Waals surface area contributed by atoms with Crippen molar-refractivity contribution in [3.05, 3.63) is 58.7 Å². The Hall–Kier alpha value is -1.35. The van der Waals surface area contributed by atoms with Gasteiger partial charge < -0.3 is 4.90 Å². The second kappa shape index (κ2) is 4.49. The lowest BCUT2D eigenvalue weighted by Crippen LogP contribution is -2.45. The Morgan fingerprint density at radius 2 is 1.82 bits per heavy atom. The number of aromatic nitrogens is 1. The lowest BCUT2D eigenvalue weighted by atomic mass is 9.91. The van der Waals surface area contributed by atoms with Crippen molar-refractivity contribution in [3.63, 3.8) is 0 Å². The fourth-order valence-corrected chi connectivity index (χ4v) is 2.70. The third-order valence-corrected chi connectivity index (χ3v) is 3.81. The smallest absolute Gasteiger partial charge is 0.142 e. The molecular formula is C14H13BrN2. The first-order chi connectivity index (χ1) is 8.34. The average molecular weight is 289 g/mol. The molecule has 2 heterocycles. The molecule has 2 aromatic rings. The van der Waals surface area contributed by atoms with Gasteiger partial charge in [-0.15, -0.1) is 0 Å². The van der Waals surface area contributed by atoms with E-state index in [9.17, 15) is 0 Å². The van der Waals surface area contributed by atoms with Gasteiger partial charge in [0.25, 0.3) is 0 Å². The van der Waals surface area contributed by atoms with Gasteiger partial charge in [0.15, 0.2) is 0 Å². The molecule has 3 heteroatoms. The van der Waals surface area contributed by atoms with E-state index in [0.717, 1.165) is 23.4 Å². The van der Waals surface area contributed by atoms with Gasteiger partial charge in [-0.2, -0.15) is 0 Å². The number of nitrogens with zero attached hydrogens (tertiary/aromatic N) is 2. The van der Waals surface area contributed by atoms with Crippen molar-refractivity contribution in [3.8, 4) is 0 Å². The molecule has 0 atom stereocenters. The molecule has 0 saturated carbocycles. The molecular weight excluding hydrogens is 276 g/mol. The molecule has 2 nitrogen and oxygen atoms in total. The molecule has 1 aromatic heterocycles. The van der Waals surface area contributed by atoms with Gasteiger partial charge in [-0.1, -0.05) is 30.3 Å². The SMILES string of the molecule is Brc1cccnc1N1CC(c2ccccc2)C1. The highest BCUT2D eigenvalue weighted by Gasteiger charge is 2.29. The Morgan fingerprint density at radius 1 is 1.06 bits per heavy atom. The normalized spacial score (nSPS) is 15.7. The summed E-state index contributed by atoms with van der Waals surface area (Å²) < 4.78 is 1.08. The van der Waals surface area contributed by atoms with Crippen molar-refractivity contribution < 1.29 is 0 Å². The topological polar surface area (TPSA) is 16.1 Å². The van der Waals surface area contributed by atoms with Crippen LogP contribution in [0.15, 0.2) is 53.1 Å². The summed E-state index contributed by atoms with van der Waals surface area (Å²) in [6, 6.07) is 14.7. The molecule has 1 fully saturated rings. The van der Waals surface area contributed by atoms with E-state index in [0.29, 0.717) is 5.92 Å². The van der Waals surface area contributed by atoms with Gasteiger partial charge in [-0.25, -0.2) is 4.98 Å². The number of hydrogen-bond donors (Lipinski definition) is 0. The quantitative estimate of drug-likeness (QED) is 0.842. The van der Waals surface area contributed by atoms with Gasteiger partial charge in [0, 0.05) is 25.2 Å². The van der Waals surface area contributed by atoms with Crippen molar-refractivity contribution >= 4 is 21.7 Å². The number of halogens is 1. The number of benzene rings is 1. The van der Waals surface area contributed by atoms with Gasteiger partial charge >= 0.3 is 0 Å². The third kappa shape index (κ3) is 2.07. The summed E-state index contributed by atoms with van der Waals surface area (Å²) in [5.41, 5.74) is 1.43. The molecule has 0 N–H and O–H groups in total. The van der Waals surface area contributed by atoms with E-state index in [1.165, 1.54) is 5.56 Å². The van der Waals surface area contributed by atoms with Crippen LogP contribution in [0.5, 0.6) is 0 Å². The summed E-state index contributed by atoms with van der Waals surface area (Å²) in [5.74, 6) is 1.70. The minimum absolute atomic E-state index is 0.644. The van der Waals surface area contributed by atoms with Crippen molar-refractivity contribution in [2.45, 2.75) is 5.92 Å². The molecule has 0 bridgehead atoms. The van der Waals surface area contributed by atoms with E-state index in [1.54, 1.807) is 0 Å². The van der Waals surface area contributed by atoms with Crippen LogP contribution in [0.4, 0.5) is 5.82 Å².